The lowest BCUT2D eigenvalue weighted by Crippen LogP contribution is -2.11. The second kappa shape index (κ2) is 6.38. The first-order valence-electron chi connectivity index (χ1n) is 5.97. The molecule has 100 valence electrons. The Hall–Kier alpha value is -1.09. The molecule has 0 aliphatic rings. The van der Waals surface area contributed by atoms with Crippen molar-refractivity contribution >= 4 is 39.5 Å². The van der Waals surface area contributed by atoms with Crippen molar-refractivity contribution in [2.45, 2.75) is 26.3 Å². The SMILES string of the molecule is CC(C)CC(Nc1snc(Cl)c1C#N)c1cccs1. The summed E-state index contributed by atoms with van der Waals surface area (Å²) in [6, 6.07) is 6.45. The summed E-state index contributed by atoms with van der Waals surface area (Å²) in [5.74, 6) is 0.563. The van der Waals surface area contributed by atoms with E-state index < -0.39 is 0 Å². The van der Waals surface area contributed by atoms with Gasteiger partial charge in [-0.1, -0.05) is 31.5 Å². The van der Waals surface area contributed by atoms with E-state index in [1.54, 1.807) is 11.3 Å². The third-order valence-corrected chi connectivity index (χ3v) is 4.80. The van der Waals surface area contributed by atoms with E-state index in [1.807, 2.05) is 6.07 Å². The summed E-state index contributed by atoms with van der Waals surface area (Å²) in [4.78, 5) is 1.27. The summed E-state index contributed by atoms with van der Waals surface area (Å²) in [6.07, 6.45) is 1.00. The number of aromatic nitrogens is 1. The Labute approximate surface area is 126 Å². The smallest absolute Gasteiger partial charge is 0.162 e. The minimum absolute atomic E-state index is 0.198. The van der Waals surface area contributed by atoms with Crippen LogP contribution in [0.4, 0.5) is 5.00 Å². The van der Waals surface area contributed by atoms with Gasteiger partial charge in [0.05, 0.1) is 6.04 Å². The Morgan fingerprint density at radius 3 is 2.89 bits per heavy atom. The molecule has 2 aromatic heterocycles. The monoisotopic (exact) mass is 311 g/mol. The van der Waals surface area contributed by atoms with Crippen LogP contribution in [-0.2, 0) is 0 Å². The van der Waals surface area contributed by atoms with Gasteiger partial charge in [-0.3, -0.25) is 0 Å². The van der Waals surface area contributed by atoms with E-state index in [0.29, 0.717) is 11.5 Å². The number of thiophene rings is 1. The Bertz CT molecular complexity index is 569. The molecule has 1 unspecified atom stereocenters. The number of hydrogen-bond donors (Lipinski definition) is 1. The van der Waals surface area contributed by atoms with Gasteiger partial charge in [-0.15, -0.1) is 11.3 Å². The molecule has 0 saturated carbocycles. The lowest BCUT2D eigenvalue weighted by Gasteiger charge is -2.19. The summed E-state index contributed by atoms with van der Waals surface area (Å²) in [7, 11) is 0. The molecule has 0 aliphatic heterocycles. The molecule has 3 nitrogen and oxygen atoms in total. The number of nitriles is 1. The summed E-state index contributed by atoms with van der Waals surface area (Å²) in [6.45, 7) is 4.38. The van der Waals surface area contributed by atoms with Crippen molar-refractivity contribution in [1.82, 2.24) is 4.37 Å². The highest BCUT2D eigenvalue weighted by atomic mass is 35.5. The Kier molecular flexibility index (Phi) is 4.81. The lowest BCUT2D eigenvalue weighted by molar-refractivity contribution is 0.536. The van der Waals surface area contributed by atoms with Crippen LogP contribution in [-0.4, -0.2) is 4.37 Å². The van der Waals surface area contributed by atoms with E-state index in [2.05, 4.69) is 41.1 Å². The second-order valence-electron chi connectivity index (χ2n) is 4.63. The van der Waals surface area contributed by atoms with Gasteiger partial charge in [0, 0.05) is 4.88 Å². The van der Waals surface area contributed by atoms with Gasteiger partial charge in [-0.2, -0.15) is 9.64 Å². The minimum atomic E-state index is 0.198. The van der Waals surface area contributed by atoms with E-state index in [1.165, 1.54) is 16.4 Å². The summed E-state index contributed by atoms with van der Waals surface area (Å²) < 4.78 is 4.03. The number of nitrogens with one attached hydrogen (secondary N) is 1. The van der Waals surface area contributed by atoms with Gasteiger partial charge >= 0.3 is 0 Å². The highest BCUT2D eigenvalue weighted by molar-refractivity contribution is 7.11. The van der Waals surface area contributed by atoms with Crippen LogP contribution in [0.25, 0.3) is 0 Å². The predicted molar refractivity (Wildman–Crippen MR) is 82.0 cm³/mol. The van der Waals surface area contributed by atoms with Crippen LogP contribution in [0.3, 0.4) is 0 Å². The maximum Gasteiger partial charge on any atom is 0.162 e. The second-order valence-corrected chi connectivity index (χ2v) is 6.74. The Balaban J connectivity index is 2.23. The molecule has 2 aromatic rings. The molecule has 0 bridgehead atoms. The van der Waals surface area contributed by atoms with Gasteiger partial charge in [-0.05, 0) is 35.3 Å². The van der Waals surface area contributed by atoms with Crippen LogP contribution in [0, 0.1) is 17.2 Å². The molecular weight excluding hydrogens is 298 g/mol. The van der Waals surface area contributed by atoms with E-state index >= 15 is 0 Å². The van der Waals surface area contributed by atoms with Crippen LogP contribution in [0.15, 0.2) is 17.5 Å². The van der Waals surface area contributed by atoms with Crippen LogP contribution >= 0.6 is 34.5 Å². The zero-order chi connectivity index (χ0) is 13.8. The molecule has 0 fully saturated rings. The molecule has 1 N–H and O–H groups in total. The van der Waals surface area contributed by atoms with E-state index in [0.717, 1.165) is 11.4 Å². The average molecular weight is 312 g/mol. The molecule has 0 radical (unpaired) electrons. The highest BCUT2D eigenvalue weighted by Gasteiger charge is 2.19. The summed E-state index contributed by atoms with van der Waals surface area (Å²) >= 11 is 8.86. The molecule has 2 heterocycles. The third kappa shape index (κ3) is 3.47. The summed E-state index contributed by atoms with van der Waals surface area (Å²) in [5, 5.41) is 15.6. The van der Waals surface area contributed by atoms with Crippen molar-refractivity contribution < 1.29 is 0 Å². The van der Waals surface area contributed by atoms with Gasteiger partial charge in [-0.25, -0.2) is 0 Å². The van der Waals surface area contributed by atoms with Crippen molar-refractivity contribution in [2.75, 3.05) is 5.32 Å². The highest BCUT2D eigenvalue weighted by Crippen LogP contribution is 2.34. The largest absolute Gasteiger partial charge is 0.367 e. The van der Waals surface area contributed by atoms with Crippen LogP contribution in [0.2, 0.25) is 5.15 Å². The van der Waals surface area contributed by atoms with Gasteiger partial charge in [0.25, 0.3) is 0 Å². The first kappa shape index (κ1) is 14.3. The Morgan fingerprint density at radius 1 is 1.53 bits per heavy atom. The number of anilines is 1. The van der Waals surface area contributed by atoms with Crippen LogP contribution in [0.5, 0.6) is 0 Å². The number of hydrogen-bond acceptors (Lipinski definition) is 5. The molecule has 0 spiro atoms. The normalized spacial score (nSPS) is 12.4. The zero-order valence-electron chi connectivity index (χ0n) is 10.7. The molecule has 0 amide bonds. The molecule has 0 saturated heterocycles. The molecule has 19 heavy (non-hydrogen) atoms. The topological polar surface area (TPSA) is 48.7 Å². The van der Waals surface area contributed by atoms with Gasteiger partial charge in [0.15, 0.2) is 5.15 Å². The lowest BCUT2D eigenvalue weighted by atomic mass is 10.0. The Morgan fingerprint density at radius 2 is 2.32 bits per heavy atom. The van der Waals surface area contributed by atoms with Crippen molar-refractivity contribution in [3.05, 3.63) is 33.1 Å². The van der Waals surface area contributed by atoms with E-state index in [4.69, 9.17) is 16.9 Å². The van der Waals surface area contributed by atoms with E-state index in [9.17, 15) is 0 Å². The van der Waals surface area contributed by atoms with Crippen LogP contribution < -0.4 is 5.32 Å². The van der Waals surface area contributed by atoms with Gasteiger partial charge in [0.2, 0.25) is 0 Å². The zero-order valence-corrected chi connectivity index (χ0v) is 13.1. The first-order chi connectivity index (χ1) is 9.11. The first-order valence-corrected chi connectivity index (χ1v) is 8.00. The predicted octanol–water partition coefficient (Wildman–Crippen LogP) is 4.93. The quantitative estimate of drug-likeness (QED) is 0.851. The third-order valence-electron chi connectivity index (χ3n) is 2.66. The van der Waals surface area contributed by atoms with Gasteiger partial charge in [0.1, 0.15) is 16.6 Å². The molecule has 1 atom stereocenters. The van der Waals surface area contributed by atoms with Gasteiger partial charge < -0.3 is 5.32 Å². The molecule has 2 rings (SSSR count). The fraction of sp³-hybridized carbons (Fsp3) is 0.385. The van der Waals surface area contributed by atoms with Crippen molar-refractivity contribution in [3.63, 3.8) is 0 Å². The molecular formula is C13H14ClN3S2. The standard InChI is InChI=1S/C13H14ClN3S2/c1-8(2)6-10(11-4-3-5-18-11)16-13-9(7-15)12(14)17-19-13/h3-5,8,10,16H,6H2,1-2H3. The van der Waals surface area contributed by atoms with E-state index in [-0.39, 0.29) is 11.2 Å². The molecule has 0 aromatic carbocycles. The van der Waals surface area contributed by atoms with Crippen molar-refractivity contribution in [3.8, 4) is 6.07 Å². The number of nitrogens with zero attached hydrogens (tertiary/aromatic N) is 2. The number of halogens is 1. The van der Waals surface area contributed by atoms with Crippen molar-refractivity contribution in [2.24, 2.45) is 5.92 Å². The number of rotatable bonds is 5. The summed E-state index contributed by atoms with van der Waals surface area (Å²) in [5.41, 5.74) is 0.442. The van der Waals surface area contributed by atoms with Crippen molar-refractivity contribution in [1.29, 1.82) is 5.26 Å². The minimum Gasteiger partial charge on any atom is -0.367 e. The maximum absolute atomic E-state index is 9.11. The molecule has 6 heteroatoms. The average Bonchev–Trinajstić information content (AvgIpc) is 2.98. The van der Waals surface area contributed by atoms with Crippen LogP contribution in [0.1, 0.15) is 36.8 Å². The fourth-order valence-electron chi connectivity index (χ4n) is 1.83. The maximum atomic E-state index is 9.11. The fourth-order valence-corrected chi connectivity index (χ4v) is 3.61. The molecule has 0 aliphatic carbocycles.